The Hall–Kier alpha value is -3.60. The molecule has 0 bridgehead atoms. The molecule has 5 nitrogen and oxygen atoms in total. The molecule has 28 heavy (non-hydrogen) atoms. The highest BCUT2D eigenvalue weighted by molar-refractivity contribution is 6.04. The van der Waals surface area contributed by atoms with Gasteiger partial charge in [-0.3, -0.25) is 9.78 Å². The third-order valence-electron chi connectivity index (χ3n) is 5.18. The predicted molar refractivity (Wildman–Crippen MR) is 108 cm³/mol. The molecule has 1 aliphatic heterocycles. The maximum absolute atomic E-state index is 13.1. The first-order valence-electron chi connectivity index (χ1n) is 9.31. The summed E-state index contributed by atoms with van der Waals surface area (Å²) < 4.78 is 0. The summed E-state index contributed by atoms with van der Waals surface area (Å²) in [6, 6.07) is 18.2. The standard InChI is InChI=1S/C23H18N4O/c28-23-22-17(5-3-6-20(22)18-12-24-15-25-13-18)14-27(23)11-10-19-9-8-16-4-1-2-7-21(16)26-19/h1-9,12-13,15H,10-11,14H2. The first-order valence-corrected chi connectivity index (χ1v) is 9.31. The van der Waals surface area contributed by atoms with Gasteiger partial charge in [0.25, 0.3) is 5.91 Å². The van der Waals surface area contributed by atoms with Crippen molar-refractivity contribution in [3.8, 4) is 11.1 Å². The minimum absolute atomic E-state index is 0.0650. The monoisotopic (exact) mass is 366 g/mol. The molecule has 0 fully saturated rings. The molecule has 1 aliphatic rings. The third kappa shape index (κ3) is 2.91. The van der Waals surface area contributed by atoms with Gasteiger partial charge in [-0.1, -0.05) is 42.5 Å². The molecule has 0 atom stereocenters. The number of carbonyl (C=O) groups is 1. The largest absolute Gasteiger partial charge is 0.334 e. The lowest BCUT2D eigenvalue weighted by atomic mass is 9.99. The van der Waals surface area contributed by atoms with Crippen LogP contribution in [0.1, 0.15) is 21.6 Å². The number of fused-ring (bicyclic) bond motifs is 2. The Bertz CT molecular complexity index is 1170. The summed E-state index contributed by atoms with van der Waals surface area (Å²) in [7, 11) is 0. The summed E-state index contributed by atoms with van der Waals surface area (Å²) in [5.74, 6) is 0.0650. The van der Waals surface area contributed by atoms with Gasteiger partial charge in [-0.15, -0.1) is 0 Å². The summed E-state index contributed by atoms with van der Waals surface area (Å²) in [5.41, 5.74) is 5.57. The number of rotatable bonds is 4. The van der Waals surface area contributed by atoms with Crippen LogP contribution < -0.4 is 0 Å². The summed E-state index contributed by atoms with van der Waals surface area (Å²) in [6.45, 7) is 1.27. The molecule has 0 unspecified atom stereocenters. The van der Waals surface area contributed by atoms with Gasteiger partial charge >= 0.3 is 0 Å². The normalized spacial score (nSPS) is 13.1. The molecule has 2 aromatic heterocycles. The molecule has 0 N–H and O–H groups in total. The fourth-order valence-corrected chi connectivity index (χ4v) is 3.78. The number of amides is 1. The van der Waals surface area contributed by atoms with Gasteiger partial charge < -0.3 is 4.90 Å². The van der Waals surface area contributed by atoms with Crippen LogP contribution in [0.25, 0.3) is 22.0 Å². The van der Waals surface area contributed by atoms with Crippen LogP contribution in [0.3, 0.4) is 0 Å². The van der Waals surface area contributed by atoms with Gasteiger partial charge in [-0.25, -0.2) is 9.97 Å². The van der Waals surface area contributed by atoms with E-state index in [4.69, 9.17) is 4.98 Å². The zero-order valence-electron chi connectivity index (χ0n) is 15.2. The number of carbonyl (C=O) groups excluding carboxylic acids is 1. The Morgan fingerprint density at radius 3 is 2.68 bits per heavy atom. The van der Waals surface area contributed by atoms with Crippen LogP contribution >= 0.6 is 0 Å². The molecule has 0 saturated carbocycles. The number of hydrogen-bond acceptors (Lipinski definition) is 4. The van der Waals surface area contributed by atoms with Crippen molar-refractivity contribution in [2.45, 2.75) is 13.0 Å². The zero-order chi connectivity index (χ0) is 18.9. The topological polar surface area (TPSA) is 59.0 Å². The number of nitrogens with zero attached hydrogens (tertiary/aromatic N) is 4. The smallest absolute Gasteiger partial charge is 0.255 e. The first-order chi connectivity index (χ1) is 13.8. The van der Waals surface area contributed by atoms with E-state index in [1.54, 1.807) is 12.4 Å². The molecule has 2 aromatic carbocycles. The van der Waals surface area contributed by atoms with Gasteiger partial charge in [0.2, 0.25) is 0 Å². The second kappa shape index (κ2) is 6.85. The van der Waals surface area contributed by atoms with E-state index in [-0.39, 0.29) is 5.91 Å². The van der Waals surface area contributed by atoms with E-state index in [0.717, 1.165) is 45.3 Å². The molecule has 0 radical (unpaired) electrons. The van der Waals surface area contributed by atoms with E-state index in [1.807, 2.05) is 47.4 Å². The highest BCUT2D eigenvalue weighted by Gasteiger charge is 2.30. The molecule has 5 heteroatoms. The summed E-state index contributed by atoms with van der Waals surface area (Å²) in [5, 5.41) is 1.13. The average Bonchev–Trinajstić information content (AvgIpc) is 3.08. The van der Waals surface area contributed by atoms with Crippen molar-refractivity contribution < 1.29 is 4.79 Å². The molecular formula is C23H18N4O. The molecule has 0 aliphatic carbocycles. The van der Waals surface area contributed by atoms with Gasteiger partial charge in [0.15, 0.2) is 0 Å². The molecule has 0 spiro atoms. The molecule has 136 valence electrons. The maximum atomic E-state index is 13.1. The Morgan fingerprint density at radius 1 is 0.929 bits per heavy atom. The molecule has 0 saturated heterocycles. The highest BCUT2D eigenvalue weighted by atomic mass is 16.2. The number of hydrogen-bond donors (Lipinski definition) is 0. The lowest BCUT2D eigenvalue weighted by Gasteiger charge is -2.15. The Kier molecular flexibility index (Phi) is 4.05. The highest BCUT2D eigenvalue weighted by Crippen LogP contribution is 2.32. The van der Waals surface area contributed by atoms with Gasteiger partial charge in [0.05, 0.1) is 11.1 Å². The fourth-order valence-electron chi connectivity index (χ4n) is 3.78. The predicted octanol–water partition coefficient (Wildman–Crippen LogP) is 3.89. The quantitative estimate of drug-likeness (QED) is 0.550. The molecule has 1 amide bonds. The second-order valence-electron chi connectivity index (χ2n) is 6.94. The van der Waals surface area contributed by atoms with Crippen LogP contribution in [0, 0.1) is 0 Å². The van der Waals surface area contributed by atoms with Crippen LogP contribution in [-0.2, 0) is 13.0 Å². The second-order valence-corrected chi connectivity index (χ2v) is 6.94. The number of benzene rings is 2. The average molecular weight is 366 g/mol. The molecule has 5 rings (SSSR count). The van der Waals surface area contributed by atoms with Gasteiger partial charge in [0, 0.05) is 48.5 Å². The van der Waals surface area contributed by atoms with Crippen LogP contribution in [0.5, 0.6) is 0 Å². The van der Waals surface area contributed by atoms with Crippen molar-refractivity contribution in [2.75, 3.05) is 6.54 Å². The fraction of sp³-hybridized carbons (Fsp3) is 0.130. The number of aromatic nitrogens is 3. The molecular weight excluding hydrogens is 348 g/mol. The summed E-state index contributed by atoms with van der Waals surface area (Å²) >= 11 is 0. The van der Waals surface area contributed by atoms with Crippen molar-refractivity contribution in [2.24, 2.45) is 0 Å². The van der Waals surface area contributed by atoms with E-state index < -0.39 is 0 Å². The maximum Gasteiger partial charge on any atom is 0.255 e. The first kappa shape index (κ1) is 16.6. The molecule has 3 heterocycles. The van der Waals surface area contributed by atoms with Crippen LogP contribution in [-0.4, -0.2) is 32.3 Å². The van der Waals surface area contributed by atoms with E-state index in [2.05, 4.69) is 22.1 Å². The van der Waals surface area contributed by atoms with Crippen LogP contribution in [0.2, 0.25) is 0 Å². The van der Waals surface area contributed by atoms with Crippen molar-refractivity contribution in [1.82, 2.24) is 19.9 Å². The third-order valence-corrected chi connectivity index (χ3v) is 5.18. The van der Waals surface area contributed by atoms with Crippen LogP contribution in [0.4, 0.5) is 0 Å². The molecule has 4 aromatic rings. The lowest BCUT2D eigenvalue weighted by Crippen LogP contribution is -2.26. The van der Waals surface area contributed by atoms with E-state index in [0.29, 0.717) is 13.1 Å². The Balaban J connectivity index is 1.38. The SMILES string of the molecule is O=C1c2c(cccc2-c2cncnc2)CN1CCc1ccc2ccccc2n1. The van der Waals surface area contributed by atoms with Gasteiger partial charge in [0.1, 0.15) is 6.33 Å². The van der Waals surface area contributed by atoms with E-state index >= 15 is 0 Å². The van der Waals surface area contributed by atoms with E-state index in [9.17, 15) is 4.79 Å². The zero-order valence-corrected chi connectivity index (χ0v) is 15.2. The minimum atomic E-state index is 0.0650. The number of para-hydroxylation sites is 1. The van der Waals surface area contributed by atoms with Gasteiger partial charge in [-0.2, -0.15) is 0 Å². The Morgan fingerprint density at radius 2 is 1.79 bits per heavy atom. The van der Waals surface area contributed by atoms with Crippen molar-refractivity contribution >= 4 is 16.8 Å². The van der Waals surface area contributed by atoms with Crippen molar-refractivity contribution in [1.29, 1.82) is 0 Å². The van der Waals surface area contributed by atoms with Crippen molar-refractivity contribution in [3.05, 3.63) is 90.1 Å². The lowest BCUT2D eigenvalue weighted by molar-refractivity contribution is 0.0780. The minimum Gasteiger partial charge on any atom is -0.334 e. The van der Waals surface area contributed by atoms with Crippen molar-refractivity contribution in [3.63, 3.8) is 0 Å². The number of pyridine rings is 1. The Labute approximate surface area is 162 Å². The van der Waals surface area contributed by atoms with Gasteiger partial charge in [-0.05, 0) is 23.3 Å². The summed E-state index contributed by atoms with van der Waals surface area (Å²) in [6.07, 6.45) is 5.72. The summed E-state index contributed by atoms with van der Waals surface area (Å²) in [4.78, 5) is 27.9. The van der Waals surface area contributed by atoms with E-state index in [1.165, 1.54) is 6.33 Å². The van der Waals surface area contributed by atoms with Crippen LogP contribution in [0.15, 0.2) is 73.3 Å².